The number of rotatable bonds is 7. The zero-order valence-corrected chi connectivity index (χ0v) is 21.9. The number of hydrogen-bond acceptors (Lipinski definition) is 5. The van der Waals surface area contributed by atoms with Crippen molar-refractivity contribution in [1.82, 2.24) is 4.31 Å². The molecule has 0 bridgehead atoms. The number of anilines is 2. The highest BCUT2D eigenvalue weighted by Gasteiger charge is 2.31. The van der Waals surface area contributed by atoms with E-state index in [-0.39, 0.29) is 26.1 Å². The highest BCUT2D eigenvalue weighted by atomic mass is 35.5. The van der Waals surface area contributed by atoms with Gasteiger partial charge in [0.1, 0.15) is 0 Å². The van der Waals surface area contributed by atoms with Gasteiger partial charge in [-0.1, -0.05) is 17.7 Å². The third-order valence-electron chi connectivity index (χ3n) is 5.76. The number of nitrogens with zero attached hydrogens (tertiary/aromatic N) is 1. The van der Waals surface area contributed by atoms with Gasteiger partial charge in [-0.3, -0.25) is 9.52 Å². The summed E-state index contributed by atoms with van der Waals surface area (Å²) in [6, 6.07) is 12.6. The monoisotopic (exact) mass is 587 g/mol. The second-order valence-electron chi connectivity index (χ2n) is 8.42. The molecular weight excluding hydrogens is 567 g/mol. The molecule has 0 atom stereocenters. The standard InChI is InChI=1S/C24H21ClF3N3O5S2/c25-21-11-6-17(24(26,27)28)15-22(21)30-37(33,34)20-5-3-4-16(14-20)23(32)29-18-7-9-19(10-8-18)38(35,36)31-12-1-2-13-31/h3-11,14-15,30H,1-2,12-13H2,(H,29,32). The van der Waals surface area contributed by atoms with Gasteiger partial charge in [0.25, 0.3) is 15.9 Å². The lowest BCUT2D eigenvalue weighted by Crippen LogP contribution is -2.27. The van der Waals surface area contributed by atoms with E-state index in [0.29, 0.717) is 19.2 Å². The number of nitrogens with one attached hydrogen (secondary N) is 2. The molecule has 0 saturated carbocycles. The van der Waals surface area contributed by atoms with Gasteiger partial charge in [-0.2, -0.15) is 17.5 Å². The summed E-state index contributed by atoms with van der Waals surface area (Å²) in [5.74, 6) is -0.686. The van der Waals surface area contributed by atoms with Gasteiger partial charge in [-0.05, 0) is 73.5 Å². The Hall–Kier alpha value is -3.13. The molecule has 1 aliphatic heterocycles. The molecule has 3 aromatic rings. The molecular formula is C24H21ClF3N3O5S2. The SMILES string of the molecule is O=C(Nc1ccc(S(=O)(=O)N2CCCC2)cc1)c1cccc(S(=O)(=O)Nc2cc(C(F)(F)F)ccc2Cl)c1. The summed E-state index contributed by atoms with van der Waals surface area (Å²) in [5, 5.41) is 2.31. The summed E-state index contributed by atoms with van der Waals surface area (Å²) in [4.78, 5) is 12.5. The van der Waals surface area contributed by atoms with Crippen molar-refractivity contribution in [2.45, 2.75) is 28.8 Å². The van der Waals surface area contributed by atoms with Crippen LogP contribution >= 0.6 is 11.6 Å². The van der Waals surface area contributed by atoms with Crippen molar-refractivity contribution in [3.63, 3.8) is 0 Å². The summed E-state index contributed by atoms with van der Waals surface area (Å²) in [5.41, 5.74) is -1.35. The lowest BCUT2D eigenvalue weighted by Gasteiger charge is -2.15. The van der Waals surface area contributed by atoms with Crippen molar-refractivity contribution < 1.29 is 34.8 Å². The van der Waals surface area contributed by atoms with Gasteiger partial charge in [0.2, 0.25) is 10.0 Å². The molecule has 8 nitrogen and oxygen atoms in total. The predicted octanol–water partition coefficient (Wildman–Crippen LogP) is 5.20. The average molecular weight is 588 g/mol. The van der Waals surface area contributed by atoms with E-state index in [2.05, 4.69) is 5.32 Å². The van der Waals surface area contributed by atoms with E-state index in [1.807, 2.05) is 4.72 Å². The molecule has 0 spiro atoms. The molecule has 0 unspecified atom stereocenters. The summed E-state index contributed by atoms with van der Waals surface area (Å²) >= 11 is 5.89. The van der Waals surface area contributed by atoms with Crippen LogP contribution in [0, 0.1) is 0 Å². The summed E-state index contributed by atoms with van der Waals surface area (Å²) in [6.45, 7) is 0.907. The maximum absolute atomic E-state index is 13.0. The number of sulfonamides is 2. The highest BCUT2D eigenvalue weighted by molar-refractivity contribution is 7.92. The third kappa shape index (κ3) is 6.12. The van der Waals surface area contributed by atoms with Gasteiger partial charge in [0, 0.05) is 24.3 Å². The minimum Gasteiger partial charge on any atom is -0.322 e. The molecule has 202 valence electrons. The molecule has 0 aliphatic carbocycles. The molecule has 1 heterocycles. The van der Waals surface area contributed by atoms with Crippen LogP contribution in [0.4, 0.5) is 24.5 Å². The predicted molar refractivity (Wildman–Crippen MR) is 136 cm³/mol. The van der Waals surface area contributed by atoms with E-state index < -0.39 is 43.4 Å². The summed E-state index contributed by atoms with van der Waals surface area (Å²) in [7, 11) is -8.03. The Balaban J connectivity index is 1.50. The number of alkyl halides is 3. The number of benzene rings is 3. The minimum atomic E-state index is -4.71. The van der Waals surface area contributed by atoms with Crippen molar-refractivity contribution in [1.29, 1.82) is 0 Å². The molecule has 1 fully saturated rings. The van der Waals surface area contributed by atoms with Crippen LogP contribution in [0.3, 0.4) is 0 Å². The number of amides is 1. The highest BCUT2D eigenvalue weighted by Crippen LogP contribution is 2.34. The van der Waals surface area contributed by atoms with Crippen LogP contribution in [-0.4, -0.2) is 40.1 Å². The van der Waals surface area contributed by atoms with Gasteiger partial charge in [0.05, 0.1) is 26.1 Å². The van der Waals surface area contributed by atoms with Gasteiger partial charge in [-0.25, -0.2) is 16.8 Å². The van der Waals surface area contributed by atoms with Crippen molar-refractivity contribution in [3.8, 4) is 0 Å². The van der Waals surface area contributed by atoms with Crippen molar-refractivity contribution in [2.75, 3.05) is 23.1 Å². The number of carbonyl (C=O) groups is 1. The second-order valence-corrected chi connectivity index (χ2v) is 12.4. The topological polar surface area (TPSA) is 113 Å². The first-order valence-corrected chi connectivity index (χ1v) is 14.5. The van der Waals surface area contributed by atoms with Gasteiger partial charge < -0.3 is 5.32 Å². The van der Waals surface area contributed by atoms with E-state index in [9.17, 15) is 34.8 Å². The van der Waals surface area contributed by atoms with Crippen LogP contribution in [0.25, 0.3) is 0 Å². The second kappa shape index (κ2) is 10.6. The first-order chi connectivity index (χ1) is 17.8. The third-order valence-corrected chi connectivity index (χ3v) is 9.37. The lowest BCUT2D eigenvalue weighted by molar-refractivity contribution is -0.137. The van der Waals surface area contributed by atoms with Crippen molar-refractivity contribution in [3.05, 3.63) is 82.9 Å². The average Bonchev–Trinajstić information content (AvgIpc) is 3.41. The van der Waals surface area contributed by atoms with Crippen molar-refractivity contribution >= 4 is 48.9 Å². The molecule has 0 radical (unpaired) electrons. The van der Waals surface area contributed by atoms with Gasteiger partial charge in [-0.15, -0.1) is 0 Å². The number of carbonyl (C=O) groups excluding carboxylic acids is 1. The quantitative estimate of drug-likeness (QED) is 0.395. The van der Waals surface area contributed by atoms with Gasteiger partial charge in [0.15, 0.2) is 0 Å². The van der Waals surface area contributed by atoms with Crippen LogP contribution < -0.4 is 10.0 Å². The Morgan fingerprint density at radius 2 is 1.53 bits per heavy atom. The smallest absolute Gasteiger partial charge is 0.322 e. The Morgan fingerprint density at radius 3 is 2.16 bits per heavy atom. The summed E-state index contributed by atoms with van der Waals surface area (Å²) < 4.78 is 93.5. The van der Waals surface area contributed by atoms with Crippen LogP contribution in [0.2, 0.25) is 5.02 Å². The van der Waals surface area contributed by atoms with E-state index in [1.165, 1.54) is 46.8 Å². The Labute approximate surface area is 222 Å². The van der Waals surface area contributed by atoms with E-state index in [1.54, 1.807) is 0 Å². The molecule has 2 N–H and O–H groups in total. The molecule has 1 aliphatic rings. The molecule has 1 saturated heterocycles. The van der Waals surface area contributed by atoms with Crippen LogP contribution in [-0.2, 0) is 26.2 Å². The molecule has 4 rings (SSSR count). The van der Waals surface area contributed by atoms with Crippen molar-refractivity contribution in [2.24, 2.45) is 0 Å². The van der Waals surface area contributed by atoms with E-state index in [4.69, 9.17) is 11.6 Å². The van der Waals surface area contributed by atoms with Crippen LogP contribution in [0.1, 0.15) is 28.8 Å². The molecule has 38 heavy (non-hydrogen) atoms. The zero-order chi connectivity index (χ0) is 27.7. The fraction of sp³-hybridized carbons (Fsp3) is 0.208. The maximum atomic E-state index is 13.0. The first-order valence-electron chi connectivity index (χ1n) is 11.2. The lowest BCUT2D eigenvalue weighted by atomic mass is 10.2. The Bertz CT molecular complexity index is 1570. The fourth-order valence-corrected chi connectivity index (χ4v) is 6.63. The normalized spacial score (nSPS) is 14.8. The molecule has 14 heteroatoms. The molecule has 1 amide bonds. The fourth-order valence-electron chi connectivity index (χ4n) is 3.78. The van der Waals surface area contributed by atoms with Crippen LogP contribution in [0.15, 0.2) is 76.5 Å². The van der Waals surface area contributed by atoms with Crippen LogP contribution in [0.5, 0.6) is 0 Å². The van der Waals surface area contributed by atoms with Gasteiger partial charge >= 0.3 is 6.18 Å². The minimum absolute atomic E-state index is 0.0585. The van der Waals surface area contributed by atoms with E-state index >= 15 is 0 Å². The summed E-state index contributed by atoms with van der Waals surface area (Å²) in [6.07, 6.45) is -3.12. The number of hydrogen-bond donors (Lipinski definition) is 2. The first kappa shape index (κ1) is 27.9. The zero-order valence-electron chi connectivity index (χ0n) is 19.5. The number of halogens is 4. The Morgan fingerprint density at radius 1 is 0.868 bits per heavy atom. The Kier molecular flexibility index (Phi) is 7.75. The molecule has 3 aromatic carbocycles. The van der Waals surface area contributed by atoms with E-state index in [0.717, 1.165) is 31.0 Å². The maximum Gasteiger partial charge on any atom is 0.416 e. The molecule has 0 aromatic heterocycles. The largest absolute Gasteiger partial charge is 0.416 e.